The van der Waals surface area contributed by atoms with Crippen molar-refractivity contribution in [1.29, 1.82) is 5.26 Å². The van der Waals surface area contributed by atoms with Gasteiger partial charge in [0, 0.05) is 88.6 Å². The van der Waals surface area contributed by atoms with Gasteiger partial charge in [-0.3, -0.25) is 23.9 Å². The van der Waals surface area contributed by atoms with Crippen molar-refractivity contribution in [3.05, 3.63) is 162 Å². The van der Waals surface area contributed by atoms with Gasteiger partial charge in [-0.2, -0.15) is 5.26 Å². The third kappa shape index (κ3) is 11.0. The molecule has 0 aliphatic carbocycles. The SMILES string of the molecule is COc1cc(C(=O)CCCOCCCC(=O)C[C@@H]2N=C(c3ccc(Cl)cc3)c3c(sc(C)c3C)-n3c(C)nnc32)ccc1CC(=O)C1N[C@@H](CC(C)(C)C)[C@](C#N)(c2ccc(C)cc2F)[C@H]1c1cccc(Cl)c1F. The number of methoxy groups -OCH3 is 1. The summed E-state index contributed by atoms with van der Waals surface area (Å²) < 4.78 is 46.1. The number of nitrogens with one attached hydrogen (secondary N) is 1. The minimum atomic E-state index is -1.72. The predicted molar refractivity (Wildman–Crippen MR) is 286 cm³/mol. The van der Waals surface area contributed by atoms with Crippen LogP contribution in [0.25, 0.3) is 5.00 Å². The van der Waals surface area contributed by atoms with Crippen molar-refractivity contribution >= 4 is 57.6 Å². The number of nitrogens with zero attached hydrogens (tertiary/aromatic N) is 5. The van der Waals surface area contributed by atoms with Gasteiger partial charge in [-0.15, -0.1) is 21.5 Å². The zero-order valence-corrected chi connectivity index (χ0v) is 45.2. The van der Waals surface area contributed by atoms with Gasteiger partial charge in [-0.05, 0) is 99.4 Å². The van der Waals surface area contributed by atoms with E-state index in [0.29, 0.717) is 65.8 Å². The van der Waals surface area contributed by atoms with E-state index >= 15 is 8.78 Å². The summed E-state index contributed by atoms with van der Waals surface area (Å²) in [6.45, 7) is 14.4. The fourth-order valence-corrected chi connectivity index (χ4v) is 12.0. The summed E-state index contributed by atoms with van der Waals surface area (Å²) in [6.07, 6.45) is 1.69. The van der Waals surface area contributed by atoms with E-state index in [0.717, 1.165) is 38.1 Å². The smallest absolute Gasteiger partial charge is 0.163 e. The van der Waals surface area contributed by atoms with Crippen LogP contribution in [0.2, 0.25) is 10.0 Å². The molecule has 386 valence electrons. The third-order valence-corrected chi connectivity index (χ3v) is 15.9. The van der Waals surface area contributed by atoms with E-state index in [-0.39, 0.29) is 64.6 Å². The molecule has 0 spiro atoms. The number of thiophene rings is 1. The molecule has 11 nitrogen and oxygen atoms in total. The first kappa shape index (κ1) is 54.3. The Kier molecular flexibility index (Phi) is 16.5. The van der Waals surface area contributed by atoms with Crippen LogP contribution in [0, 0.1) is 56.1 Å². The second-order valence-corrected chi connectivity index (χ2v) is 22.7. The minimum absolute atomic E-state index is 0.0180. The minimum Gasteiger partial charge on any atom is -0.496 e. The maximum Gasteiger partial charge on any atom is 0.163 e. The summed E-state index contributed by atoms with van der Waals surface area (Å²) in [5.41, 5.74) is 3.31. The molecular weight excluding hydrogens is 1000 g/mol. The van der Waals surface area contributed by atoms with Gasteiger partial charge in [0.1, 0.15) is 45.4 Å². The maximum absolute atomic E-state index is 16.2. The first-order chi connectivity index (χ1) is 35.3. The Labute approximate surface area is 445 Å². The lowest BCUT2D eigenvalue weighted by molar-refractivity contribution is -0.121. The number of benzene rings is 4. The van der Waals surface area contributed by atoms with Crippen molar-refractivity contribution in [2.24, 2.45) is 10.4 Å². The molecule has 6 aromatic rings. The van der Waals surface area contributed by atoms with Crippen LogP contribution < -0.4 is 10.1 Å². The molecular formula is C58H60Cl2F2N6O5S. The van der Waals surface area contributed by atoms with Crippen LogP contribution in [0.5, 0.6) is 5.75 Å². The van der Waals surface area contributed by atoms with E-state index in [9.17, 15) is 19.6 Å². The number of ether oxygens (including phenoxy) is 2. The number of carbonyl (C=O) groups is 3. The Morgan fingerprint density at radius 2 is 1.66 bits per heavy atom. The molecule has 1 unspecified atom stereocenters. The van der Waals surface area contributed by atoms with Gasteiger partial charge in [-0.25, -0.2) is 8.78 Å². The molecule has 4 aromatic carbocycles. The quantitative estimate of drug-likeness (QED) is 0.0618. The van der Waals surface area contributed by atoms with Gasteiger partial charge in [0.25, 0.3) is 0 Å². The van der Waals surface area contributed by atoms with Gasteiger partial charge < -0.3 is 14.8 Å². The van der Waals surface area contributed by atoms with Crippen molar-refractivity contribution in [2.45, 2.75) is 123 Å². The Morgan fingerprint density at radius 3 is 2.35 bits per heavy atom. The molecule has 2 aromatic heterocycles. The van der Waals surface area contributed by atoms with Gasteiger partial charge in [0.15, 0.2) is 17.4 Å². The van der Waals surface area contributed by atoms with Crippen LogP contribution in [0.1, 0.15) is 137 Å². The van der Waals surface area contributed by atoms with Crippen molar-refractivity contribution in [3.63, 3.8) is 0 Å². The first-order valence-electron chi connectivity index (χ1n) is 24.8. The van der Waals surface area contributed by atoms with Gasteiger partial charge in [0.2, 0.25) is 0 Å². The highest BCUT2D eigenvalue weighted by Crippen LogP contribution is 2.53. The Balaban J connectivity index is 0.893. The average Bonchev–Trinajstić information content (AvgIpc) is 3.96. The largest absolute Gasteiger partial charge is 0.496 e. The number of rotatable bonds is 19. The monoisotopic (exact) mass is 1060 g/mol. The molecule has 74 heavy (non-hydrogen) atoms. The van der Waals surface area contributed by atoms with Crippen LogP contribution >= 0.6 is 34.5 Å². The number of hydrogen-bond donors (Lipinski definition) is 1. The molecule has 0 radical (unpaired) electrons. The summed E-state index contributed by atoms with van der Waals surface area (Å²) in [5, 5.41) is 25.0. The van der Waals surface area contributed by atoms with E-state index in [1.54, 1.807) is 54.7 Å². The van der Waals surface area contributed by atoms with E-state index in [1.807, 2.05) is 56.5 Å². The highest BCUT2D eigenvalue weighted by Gasteiger charge is 2.61. The lowest BCUT2D eigenvalue weighted by Crippen LogP contribution is -2.44. The van der Waals surface area contributed by atoms with Crippen LogP contribution in [-0.4, -0.2) is 70.2 Å². The summed E-state index contributed by atoms with van der Waals surface area (Å²) in [5.74, 6) is -1.44. The Hall–Kier alpha value is -5.95. The molecule has 0 saturated carbocycles. The zero-order valence-electron chi connectivity index (χ0n) is 42.9. The fraction of sp³-hybridized carbons (Fsp3) is 0.397. The molecule has 2 aliphatic rings. The molecule has 4 heterocycles. The van der Waals surface area contributed by atoms with Crippen LogP contribution in [0.3, 0.4) is 0 Å². The number of aliphatic imine (C=N–C) groups is 1. The van der Waals surface area contributed by atoms with Crippen molar-refractivity contribution in [1.82, 2.24) is 20.1 Å². The number of hydrogen-bond acceptors (Lipinski definition) is 11. The Morgan fingerprint density at radius 1 is 0.932 bits per heavy atom. The fourth-order valence-electron chi connectivity index (χ4n) is 10.5. The number of aromatic nitrogens is 3. The highest BCUT2D eigenvalue weighted by molar-refractivity contribution is 7.15. The average molecular weight is 1060 g/mol. The third-order valence-electron chi connectivity index (χ3n) is 14.2. The van der Waals surface area contributed by atoms with Crippen molar-refractivity contribution in [3.8, 4) is 16.8 Å². The van der Waals surface area contributed by atoms with Crippen molar-refractivity contribution < 1.29 is 32.6 Å². The number of halogens is 4. The number of aryl methyl sites for hydroxylation is 3. The number of ketones is 3. The number of Topliss-reactive ketones (excluding diaryl/α,β-unsaturated/α-hetero) is 3. The van der Waals surface area contributed by atoms with Gasteiger partial charge >= 0.3 is 0 Å². The Bertz CT molecular complexity index is 3190. The standard InChI is InChI=1S/C58H60Cl2F2N6O5S/c1-32-16-23-42(44(61)26-32)58(31-63)49(30-57(5,6)7)65-54(51(58)41-13-9-14-43(60)52(41)62)47(71)27-38-18-17-37(28-48(38)72-8)46(70)15-11-25-73-24-10-12-40(69)29-45-55-67-66-35(4)68(55)56-50(33(2)34(3)74-56)53(64-45)36-19-21-39(59)22-20-36/h9,13-14,16-23,26,28,45,49,51,54,65H,10-12,15,24-25,27,29-30H2,1-8H3/t45-,49-,51-,54?,58-/m0/s1. The van der Waals surface area contributed by atoms with Gasteiger partial charge in [-0.1, -0.05) is 92.5 Å². The van der Waals surface area contributed by atoms with E-state index in [1.165, 1.54) is 25.3 Å². The summed E-state index contributed by atoms with van der Waals surface area (Å²) >= 11 is 14.3. The summed E-state index contributed by atoms with van der Waals surface area (Å²) in [4.78, 5) is 48.1. The van der Waals surface area contributed by atoms with E-state index in [2.05, 4.69) is 35.4 Å². The first-order valence-corrected chi connectivity index (χ1v) is 26.4. The molecule has 1 saturated heterocycles. The normalized spacial score (nSPS) is 19.3. The maximum atomic E-state index is 16.2. The molecule has 16 heteroatoms. The van der Waals surface area contributed by atoms with Crippen LogP contribution in [0.15, 0.2) is 83.9 Å². The lowest BCUT2D eigenvalue weighted by Gasteiger charge is -2.37. The molecule has 1 N–H and O–H groups in total. The van der Waals surface area contributed by atoms with Crippen LogP contribution in [0.4, 0.5) is 8.78 Å². The van der Waals surface area contributed by atoms with E-state index in [4.69, 9.17) is 37.7 Å². The zero-order chi connectivity index (χ0) is 53.2. The van der Waals surface area contributed by atoms with Crippen molar-refractivity contribution in [2.75, 3.05) is 20.3 Å². The van der Waals surface area contributed by atoms with Gasteiger partial charge in [0.05, 0.1) is 30.0 Å². The number of fused-ring (bicyclic) bond motifs is 3. The highest BCUT2D eigenvalue weighted by atomic mass is 35.5. The lowest BCUT2D eigenvalue weighted by atomic mass is 9.62. The second-order valence-electron chi connectivity index (χ2n) is 20.6. The number of nitriles is 1. The predicted octanol–water partition coefficient (Wildman–Crippen LogP) is 12.6. The summed E-state index contributed by atoms with van der Waals surface area (Å²) in [6, 6.07) is 21.5. The molecule has 0 bridgehead atoms. The second kappa shape index (κ2) is 22.5. The van der Waals surface area contributed by atoms with E-state index < -0.39 is 41.1 Å². The van der Waals surface area contributed by atoms with Crippen LogP contribution in [-0.2, 0) is 26.2 Å². The molecule has 1 fully saturated rings. The molecule has 5 atom stereocenters. The molecule has 2 aliphatic heterocycles. The summed E-state index contributed by atoms with van der Waals surface area (Å²) in [7, 11) is 1.45. The molecule has 8 rings (SSSR count). The topological polar surface area (TPSA) is 149 Å². The number of carbonyl (C=O) groups excluding carboxylic acids is 3. The molecule has 0 amide bonds.